The van der Waals surface area contributed by atoms with Crippen molar-refractivity contribution in [2.75, 3.05) is 22.9 Å². The van der Waals surface area contributed by atoms with Crippen LogP contribution in [0, 0.1) is 20.8 Å². The fraction of sp³-hybridized carbons (Fsp3) is 0.196. The van der Waals surface area contributed by atoms with E-state index >= 15 is 0 Å². The van der Waals surface area contributed by atoms with E-state index in [4.69, 9.17) is 10.8 Å². The maximum absolute atomic E-state index is 13.7. The van der Waals surface area contributed by atoms with E-state index in [1.807, 2.05) is 78.0 Å². The van der Waals surface area contributed by atoms with Gasteiger partial charge in [0.05, 0.1) is 17.1 Å². The molecule has 0 unspecified atom stereocenters. The van der Waals surface area contributed by atoms with Crippen LogP contribution in [0.1, 0.15) is 84.4 Å². The summed E-state index contributed by atoms with van der Waals surface area (Å²) in [4.78, 5) is 43.0. The van der Waals surface area contributed by atoms with Gasteiger partial charge in [-0.2, -0.15) is 10.2 Å². The molecule has 0 spiro atoms. The molecule has 0 radical (unpaired) electrons. The number of nitrogens with zero attached hydrogens (tertiary/aromatic N) is 6. The first kappa shape index (κ1) is 43.4. The summed E-state index contributed by atoms with van der Waals surface area (Å²) in [5.41, 5.74) is 22.5. The second-order valence-corrected chi connectivity index (χ2v) is 17.0. The molecule has 0 fully saturated rings. The van der Waals surface area contributed by atoms with Gasteiger partial charge < -0.3 is 15.5 Å². The van der Waals surface area contributed by atoms with Crippen molar-refractivity contribution in [1.29, 1.82) is 0 Å². The van der Waals surface area contributed by atoms with E-state index in [1.54, 1.807) is 9.58 Å². The molecular weight excluding hydrogens is 819 g/mol. The first-order valence-electron chi connectivity index (χ1n) is 22.7. The molecule has 330 valence electrons. The summed E-state index contributed by atoms with van der Waals surface area (Å²) in [6.07, 6.45) is 3.26. The quantitative estimate of drug-likeness (QED) is 0.155. The standard InChI is InChI=1S/C28H26N4O2.C28H27N3O/c1-3-19-6-4-5-7-23(19)20-10-14-21(15-11-20)31-17-16-24-25(27(29)33)30-32(26(24)28(31)34)22-12-8-18(2)9-13-22;1-4-21-7-5-6-8-26(21)22-11-15-23(16-12-22)30-18-17-25-20(3)29-31(27(25)28(30)32)24-13-9-19(2)10-14-24/h4-15H,3,16-17H2,1-2H3,(H2,29,33);5-16H,4,17-18H2,1-3H3. The van der Waals surface area contributed by atoms with Crippen LogP contribution in [-0.2, 0) is 25.7 Å². The summed E-state index contributed by atoms with van der Waals surface area (Å²) in [7, 11) is 0. The van der Waals surface area contributed by atoms with Crippen molar-refractivity contribution < 1.29 is 14.4 Å². The van der Waals surface area contributed by atoms with E-state index in [1.165, 1.54) is 33.4 Å². The van der Waals surface area contributed by atoms with Crippen LogP contribution in [0.5, 0.6) is 0 Å². The number of aryl methyl sites for hydroxylation is 5. The van der Waals surface area contributed by atoms with Crippen molar-refractivity contribution in [2.45, 2.75) is 60.3 Å². The number of anilines is 2. The molecule has 0 atom stereocenters. The average Bonchev–Trinajstić information content (AvgIpc) is 3.92. The number of rotatable bonds is 9. The molecule has 0 bridgehead atoms. The van der Waals surface area contributed by atoms with Crippen molar-refractivity contribution in [2.24, 2.45) is 5.73 Å². The molecule has 10 nitrogen and oxygen atoms in total. The van der Waals surface area contributed by atoms with Gasteiger partial charge in [0, 0.05) is 35.6 Å². The van der Waals surface area contributed by atoms with Gasteiger partial charge in [-0.15, -0.1) is 0 Å². The highest BCUT2D eigenvalue weighted by molar-refractivity contribution is 6.10. The van der Waals surface area contributed by atoms with E-state index in [0.717, 1.165) is 64.4 Å². The normalized spacial score (nSPS) is 13.2. The molecular formula is C56H53N7O3. The first-order chi connectivity index (χ1) is 32.0. The van der Waals surface area contributed by atoms with E-state index in [9.17, 15) is 14.4 Å². The largest absolute Gasteiger partial charge is 0.364 e. The molecule has 0 aliphatic carbocycles. The van der Waals surface area contributed by atoms with Crippen LogP contribution >= 0.6 is 0 Å². The third kappa shape index (κ3) is 8.22. The second-order valence-electron chi connectivity index (χ2n) is 17.0. The highest BCUT2D eigenvalue weighted by Crippen LogP contribution is 2.33. The van der Waals surface area contributed by atoms with Crippen LogP contribution in [-0.4, -0.2) is 50.4 Å². The van der Waals surface area contributed by atoms with E-state index in [0.29, 0.717) is 36.5 Å². The van der Waals surface area contributed by atoms with Gasteiger partial charge in [0.1, 0.15) is 11.4 Å². The Bertz CT molecular complexity index is 3090. The summed E-state index contributed by atoms with van der Waals surface area (Å²) in [5, 5.41) is 9.15. The van der Waals surface area contributed by atoms with Crippen molar-refractivity contribution in [3.63, 3.8) is 0 Å². The fourth-order valence-electron chi connectivity index (χ4n) is 9.19. The van der Waals surface area contributed by atoms with Crippen LogP contribution in [0.4, 0.5) is 11.4 Å². The molecule has 2 N–H and O–H groups in total. The Kier molecular flexibility index (Phi) is 12.1. The third-order valence-electron chi connectivity index (χ3n) is 12.8. The average molecular weight is 872 g/mol. The van der Waals surface area contributed by atoms with Crippen LogP contribution in [0.15, 0.2) is 146 Å². The Hall–Kier alpha value is -7.85. The monoisotopic (exact) mass is 871 g/mol. The lowest BCUT2D eigenvalue weighted by molar-refractivity contribution is 0.0964. The Morgan fingerprint density at radius 2 is 0.909 bits per heavy atom. The van der Waals surface area contributed by atoms with Crippen molar-refractivity contribution in [3.05, 3.63) is 202 Å². The van der Waals surface area contributed by atoms with Crippen LogP contribution in [0.25, 0.3) is 33.6 Å². The van der Waals surface area contributed by atoms with E-state index in [-0.39, 0.29) is 17.5 Å². The van der Waals surface area contributed by atoms with Gasteiger partial charge >= 0.3 is 0 Å². The lowest BCUT2D eigenvalue weighted by Crippen LogP contribution is -2.39. The molecule has 10 heteroatoms. The molecule has 8 aromatic rings. The van der Waals surface area contributed by atoms with Gasteiger partial charge in [-0.25, -0.2) is 9.36 Å². The zero-order valence-corrected chi connectivity index (χ0v) is 38.1. The van der Waals surface area contributed by atoms with Gasteiger partial charge in [-0.3, -0.25) is 14.4 Å². The molecule has 66 heavy (non-hydrogen) atoms. The molecule has 6 aromatic carbocycles. The number of hydrogen-bond acceptors (Lipinski definition) is 5. The van der Waals surface area contributed by atoms with E-state index < -0.39 is 5.91 Å². The molecule has 2 aliphatic heterocycles. The lowest BCUT2D eigenvalue weighted by atomic mass is 9.97. The van der Waals surface area contributed by atoms with Crippen LogP contribution < -0.4 is 15.5 Å². The van der Waals surface area contributed by atoms with Gasteiger partial charge in [0.25, 0.3) is 17.7 Å². The highest BCUT2D eigenvalue weighted by Gasteiger charge is 2.35. The Morgan fingerprint density at radius 1 is 0.515 bits per heavy atom. The molecule has 10 rings (SSSR count). The minimum Gasteiger partial charge on any atom is -0.364 e. The van der Waals surface area contributed by atoms with Crippen molar-refractivity contribution in [3.8, 4) is 33.6 Å². The van der Waals surface area contributed by atoms with Gasteiger partial charge in [0.15, 0.2) is 5.69 Å². The van der Waals surface area contributed by atoms with Crippen LogP contribution in [0.3, 0.4) is 0 Å². The SMILES string of the molecule is CCc1ccccc1-c1ccc(N2CCc3c(C(N)=O)nn(-c4ccc(C)cc4)c3C2=O)cc1.CCc1ccccc1-c1ccc(N2CCc3c(C)nn(-c4ccc(C)cc4)c3C2=O)cc1. The zero-order valence-electron chi connectivity index (χ0n) is 38.1. The number of carbonyl (C=O) groups excluding carboxylic acids is 3. The Balaban J connectivity index is 0.000000166. The van der Waals surface area contributed by atoms with Gasteiger partial charge in [-0.05, 0) is 128 Å². The molecule has 3 amide bonds. The lowest BCUT2D eigenvalue weighted by Gasteiger charge is -2.28. The summed E-state index contributed by atoms with van der Waals surface area (Å²) in [5.74, 6) is -0.806. The number of nitrogens with two attached hydrogens (primary N) is 1. The molecule has 0 saturated heterocycles. The number of carbonyl (C=O) groups is 3. The fourth-order valence-corrected chi connectivity index (χ4v) is 9.19. The summed E-state index contributed by atoms with van der Waals surface area (Å²) in [6, 6.07) is 49.1. The minimum atomic E-state index is -0.623. The summed E-state index contributed by atoms with van der Waals surface area (Å²) >= 11 is 0. The Morgan fingerprint density at radius 3 is 1.35 bits per heavy atom. The van der Waals surface area contributed by atoms with Gasteiger partial charge in [0.2, 0.25) is 0 Å². The predicted octanol–water partition coefficient (Wildman–Crippen LogP) is 10.6. The summed E-state index contributed by atoms with van der Waals surface area (Å²) < 4.78 is 3.36. The Labute approximate surface area is 385 Å². The molecule has 2 aliphatic rings. The predicted molar refractivity (Wildman–Crippen MR) is 263 cm³/mol. The highest BCUT2D eigenvalue weighted by atomic mass is 16.2. The van der Waals surface area contributed by atoms with Crippen molar-refractivity contribution in [1.82, 2.24) is 19.6 Å². The number of primary amides is 1. The molecule has 0 saturated carbocycles. The topological polar surface area (TPSA) is 119 Å². The molecule has 4 heterocycles. The third-order valence-corrected chi connectivity index (χ3v) is 12.8. The van der Waals surface area contributed by atoms with E-state index in [2.05, 4.69) is 117 Å². The zero-order chi connectivity index (χ0) is 46.1. The maximum Gasteiger partial charge on any atom is 0.277 e. The second kappa shape index (κ2) is 18.3. The first-order valence-corrected chi connectivity index (χ1v) is 22.7. The number of benzene rings is 6. The maximum atomic E-state index is 13.7. The van der Waals surface area contributed by atoms with Crippen LogP contribution in [0.2, 0.25) is 0 Å². The molecule has 2 aromatic heterocycles. The van der Waals surface area contributed by atoms with Crippen molar-refractivity contribution >= 4 is 29.1 Å². The number of aromatic nitrogens is 4. The number of amides is 3. The van der Waals surface area contributed by atoms with Gasteiger partial charge in [-0.1, -0.05) is 122 Å². The number of hydrogen-bond donors (Lipinski definition) is 1. The minimum absolute atomic E-state index is 0.00846. The summed E-state index contributed by atoms with van der Waals surface area (Å²) in [6.45, 7) is 11.5. The smallest absolute Gasteiger partial charge is 0.277 e. The number of fused-ring (bicyclic) bond motifs is 2.